The maximum absolute atomic E-state index is 13.0. The summed E-state index contributed by atoms with van der Waals surface area (Å²) in [4.78, 5) is 21.7. The number of carbonyl (C=O) groups excluding carboxylic acids is 1. The third-order valence-electron chi connectivity index (χ3n) is 5.64. The largest absolute Gasteiger partial charge is 0.487 e. The molecule has 1 fully saturated rings. The van der Waals surface area contributed by atoms with Crippen molar-refractivity contribution in [2.45, 2.75) is 20.1 Å². The smallest absolute Gasteiger partial charge is 0.254 e. The average molecular weight is 452 g/mol. The quantitative estimate of drug-likeness (QED) is 0.569. The van der Waals surface area contributed by atoms with Gasteiger partial charge in [0.2, 0.25) is 6.79 Å². The number of fused-ring (bicyclic) bond motifs is 1. The Morgan fingerprint density at radius 1 is 1.09 bits per heavy atom. The van der Waals surface area contributed by atoms with E-state index in [2.05, 4.69) is 16.0 Å². The van der Waals surface area contributed by atoms with Gasteiger partial charge < -0.3 is 19.1 Å². The van der Waals surface area contributed by atoms with Gasteiger partial charge in [-0.3, -0.25) is 9.69 Å². The molecule has 1 saturated heterocycles. The fourth-order valence-electron chi connectivity index (χ4n) is 3.94. The summed E-state index contributed by atoms with van der Waals surface area (Å²) in [5.41, 5.74) is 2.75. The first kappa shape index (κ1) is 20.8. The Hall–Kier alpha value is -3.10. The summed E-state index contributed by atoms with van der Waals surface area (Å²) in [6, 6.07) is 13.5. The van der Waals surface area contributed by atoms with Crippen molar-refractivity contribution < 1.29 is 19.0 Å². The topological polar surface area (TPSA) is 64.1 Å². The summed E-state index contributed by atoms with van der Waals surface area (Å²) >= 11 is 1.60. The van der Waals surface area contributed by atoms with E-state index in [0.29, 0.717) is 31.0 Å². The minimum Gasteiger partial charge on any atom is -0.487 e. The minimum atomic E-state index is 0.0442. The monoisotopic (exact) mass is 451 g/mol. The van der Waals surface area contributed by atoms with E-state index in [1.807, 2.05) is 53.6 Å². The van der Waals surface area contributed by atoms with E-state index in [1.54, 1.807) is 11.3 Å². The van der Waals surface area contributed by atoms with E-state index in [0.717, 1.165) is 41.8 Å². The van der Waals surface area contributed by atoms with E-state index in [9.17, 15) is 4.79 Å². The average Bonchev–Trinajstić information content (AvgIpc) is 3.46. The minimum absolute atomic E-state index is 0.0442. The van der Waals surface area contributed by atoms with Crippen molar-refractivity contribution in [3.8, 4) is 17.2 Å². The number of aryl methyl sites for hydroxylation is 1. The Balaban J connectivity index is 1.15. The number of benzene rings is 2. The van der Waals surface area contributed by atoms with Gasteiger partial charge in [-0.15, -0.1) is 11.3 Å². The highest BCUT2D eigenvalue weighted by atomic mass is 32.1. The lowest BCUT2D eigenvalue weighted by Gasteiger charge is -2.34. The lowest BCUT2D eigenvalue weighted by atomic mass is 10.1. The number of rotatable bonds is 6. The molecule has 0 saturated carbocycles. The molecule has 2 aliphatic heterocycles. The number of ether oxygens (including phenoxy) is 3. The van der Waals surface area contributed by atoms with Gasteiger partial charge in [0.05, 0.1) is 10.7 Å². The molecule has 0 radical (unpaired) electrons. The molecular weight excluding hydrogens is 426 g/mol. The second-order valence-corrected chi connectivity index (χ2v) is 8.99. The van der Waals surface area contributed by atoms with Crippen LogP contribution in [0.2, 0.25) is 0 Å². The van der Waals surface area contributed by atoms with Gasteiger partial charge in [-0.25, -0.2) is 4.98 Å². The maximum atomic E-state index is 13.0. The molecule has 0 N–H and O–H groups in total. The number of hydrogen-bond donors (Lipinski definition) is 0. The molecule has 1 aromatic heterocycles. The van der Waals surface area contributed by atoms with Crippen LogP contribution >= 0.6 is 11.3 Å². The molecule has 0 unspecified atom stereocenters. The van der Waals surface area contributed by atoms with Crippen LogP contribution in [0, 0.1) is 6.92 Å². The lowest BCUT2D eigenvalue weighted by molar-refractivity contribution is 0.0628. The summed E-state index contributed by atoms with van der Waals surface area (Å²) in [6.07, 6.45) is 0. The predicted octanol–water partition coefficient (Wildman–Crippen LogP) is 3.72. The molecule has 2 aliphatic rings. The molecule has 5 rings (SSSR count). The first-order valence-corrected chi connectivity index (χ1v) is 11.6. The number of piperazine rings is 1. The molecule has 3 heterocycles. The summed E-state index contributed by atoms with van der Waals surface area (Å²) in [5.74, 6) is 2.34. The van der Waals surface area contributed by atoms with Gasteiger partial charge >= 0.3 is 0 Å². The van der Waals surface area contributed by atoms with E-state index < -0.39 is 0 Å². The van der Waals surface area contributed by atoms with Crippen molar-refractivity contribution in [2.75, 3.05) is 33.0 Å². The number of amides is 1. The first-order valence-electron chi connectivity index (χ1n) is 10.7. The van der Waals surface area contributed by atoms with Gasteiger partial charge in [0.15, 0.2) is 11.5 Å². The summed E-state index contributed by atoms with van der Waals surface area (Å²) < 4.78 is 16.7. The molecule has 1 amide bonds. The Labute approximate surface area is 191 Å². The molecule has 7 nitrogen and oxygen atoms in total. The fourth-order valence-corrected chi connectivity index (χ4v) is 4.54. The van der Waals surface area contributed by atoms with Gasteiger partial charge in [0.25, 0.3) is 5.91 Å². The molecule has 32 heavy (non-hydrogen) atoms. The Bertz CT molecular complexity index is 1110. The van der Waals surface area contributed by atoms with Crippen molar-refractivity contribution in [3.63, 3.8) is 0 Å². The Kier molecular flexibility index (Phi) is 5.96. The molecule has 2 aromatic carbocycles. The molecule has 0 bridgehead atoms. The zero-order valence-corrected chi connectivity index (χ0v) is 18.8. The van der Waals surface area contributed by atoms with Crippen LogP contribution in [0.15, 0.2) is 47.8 Å². The fraction of sp³-hybridized carbons (Fsp3) is 0.333. The van der Waals surface area contributed by atoms with Gasteiger partial charge in [-0.05, 0) is 42.8 Å². The maximum Gasteiger partial charge on any atom is 0.254 e. The Morgan fingerprint density at radius 2 is 1.94 bits per heavy atom. The summed E-state index contributed by atoms with van der Waals surface area (Å²) in [6.45, 7) is 6.56. The normalized spacial score (nSPS) is 15.7. The van der Waals surface area contributed by atoms with Crippen LogP contribution in [0.25, 0.3) is 0 Å². The van der Waals surface area contributed by atoms with Crippen LogP contribution in [0.5, 0.6) is 17.2 Å². The van der Waals surface area contributed by atoms with Crippen molar-refractivity contribution in [2.24, 2.45) is 0 Å². The second-order valence-electron chi connectivity index (χ2n) is 7.93. The first-order chi connectivity index (χ1) is 15.6. The summed E-state index contributed by atoms with van der Waals surface area (Å²) in [7, 11) is 0. The molecule has 3 aromatic rings. The number of aromatic nitrogens is 1. The van der Waals surface area contributed by atoms with Crippen LogP contribution in [0.4, 0.5) is 0 Å². The van der Waals surface area contributed by atoms with Crippen molar-refractivity contribution >= 4 is 17.2 Å². The van der Waals surface area contributed by atoms with Gasteiger partial charge in [-0.1, -0.05) is 12.1 Å². The molecule has 0 aliphatic carbocycles. The zero-order valence-electron chi connectivity index (χ0n) is 18.0. The molecule has 8 heteroatoms. The highest BCUT2D eigenvalue weighted by Crippen LogP contribution is 2.33. The highest BCUT2D eigenvalue weighted by molar-refractivity contribution is 7.09. The number of hydrogen-bond acceptors (Lipinski definition) is 7. The lowest BCUT2D eigenvalue weighted by Crippen LogP contribution is -2.48. The molecule has 166 valence electrons. The third-order valence-corrected chi connectivity index (χ3v) is 6.46. The van der Waals surface area contributed by atoms with Gasteiger partial charge in [0.1, 0.15) is 12.4 Å². The number of carbonyl (C=O) groups is 1. The standard InChI is InChI=1S/C24H25N3O4S/c1-17-25-20(15-32-17)14-29-21-4-2-3-19(12-21)24(28)27-9-7-26(8-10-27)13-18-5-6-22-23(11-18)31-16-30-22/h2-6,11-12,15H,7-10,13-14,16H2,1H3. The van der Waals surface area contributed by atoms with E-state index in [4.69, 9.17) is 14.2 Å². The van der Waals surface area contributed by atoms with Crippen molar-refractivity contribution in [3.05, 3.63) is 69.7 Å². The predicted molar refractivity (Wildman–Crippen MR) is 121 cm³/mol. The number of nitrogens with zero attached hydrogens (tertiary/aromatic N) is 3. The van der Waals surface area contributed by atoms with Crippen LogP contribution in [0.3, 0.4) is 0 Å². The van der Waals surface area contributed by atoms with Gasteiger partial charge in [-0.2, -0.15) is 0 Å². The molecule has 0 atom stereocenters. The molecule has 0 spiro atoms. The number of thiazole rings is 1. The van der Waals surface area contributed by atoms with Crippen LogP contribution < -0.4 is 14.2 Å². The highest BCUT2D eigenvalue weighted by Gasteiger charge is 2.23. The van der Waals surface area contributed by atoms with E-state index in [-0.39, 0.29) is 12.7 Å². The van der Waals surface area contributed by atoms with Crippen LogP contribution in [0.1, 0.15) is 26.6 Å². The van der Waals surface area contributed by atoms with Crippen molar-refractivity contribution in [1.82, 2.24) is 14.8 Å². The van der Waals surface area contributed by atoms with E-state index >= 15 is 0 Å². The zero-order chi connectivity index (χ0) is 21.9. The Morgan fingerprint density at radius 3 is 2.75 bits per heavy atom. The van der Waals surface area contributed by atoms with Crippen molar-refractivity contribution in [1.29, 1.82) is 0 Å². The summed E-state index contributed by atoms with van der Waals surface area (Å²) in [5, 5.41) is 3.01. The SMILES string of the molecule is Cc1nc(COc2cccc(C(=O)N3CCN(Cc4ccc5c(c4)OCO5)CC3)c2)cs1. The van der Waals surface area contributed by atoms with E-state index in [1.165, 1.54) is 5.56 Å². The third kappa shape index (κ3) is 4.71. The van der Waals surface area contributed by atoms with Crippen LogP contribution in [-0.4, -0.2) is 53.7 Å². The van der Waals surface area contributed by atoms with Crippen LogP contribution in [-0.2, 0) is 13.2 Å². The second kappa shape index (κ2) is 9.18. The van der Waals surface area contributed by atoms with Gasteiger partial charge in [0, 0.05) is 43.7 Å². The molecular formula is C24H25N3O4S.